The third kappa shape index (κ3) is 3.03. The highest BCUT2D eigenvalue weighted by atomic mass is 16.5. The molecule has 1 heterocycles. The number of unbranched alkanes of at least 4 members (excludes halogenated alkanes) is 1. The molecule has 0 radical (unpaired) electrons. The molecule has 0 aliphatic carbocycles. The maximum atomic E-state index is 13.4. The van der Waals surface area contributed by atoms with Crippen molar-refractivity contribution in [2.24, 2.45) is 0 Å². The third-order valence-electron chi connectivity index (χ3n) is 4.99. The first-order valence-electron chi connectivity index (χ1n) is 9.45. The molecule has 3 rings (SSSR count). The van der Waals surface area contributed by atoms with Crippen molar-refractivity contribution in [3.8, 4) is 5.75 Å². The largest absolute Gasteiger partial charge is 0.496 e. The summed E-state index contributed by atoms with van der Waals surface area (Å²) in [5, 5.41) is 2.88. The highest BCUT2D eigenvalue weighted by Gasteiger charge is 2.15. The van der Waals surface area contributed by atoms with Gasteiger partial charge in [0.25, 0.3) is 5.56 Å². The van der Waals surface area contributed by atoms with E-state index in [-0.39, 0.29) is 5.56 Å². The van der Waals surface area contributed by atoms with E-state index in [1.54, 1.807) is 7.11 Å². The van der Waals surface area contributed by atoms with Crippen molar-refractivity contribution in [1.29, 1.82) is 0 Å². The minimum Gasteiger partial charge on any atom is -0.496 e. The van der Waals surface area contributed by atoms with Crippen molar-refractivity contribution in [2.75, 3.05) is 7.11 Å². The zero-order valence-electron chi connectivity index (χ0n) is 16.1. The van der Waals surface area contributed by atoms with Crippen LogP contribution in [-0.4, -0.2) is 11.7 Å². The molecule has 0 atom stereocenters. The fourth-order valence-electron chi connectivity index (χ4n) is 3.66. The predicted octanol–water partition coefficient (Wildman–Crippen LogP) is 5.56. The summed E-state index contributed by atoms with van der Waals surface area (Å²) in [4.78, 5) is 13.4. The van der Waals surface area contributed by atoms with E-state index in [0.29, 0.717) is 0 Å². The predicted molar refractivity (Wildman–Crippen MR) is 111 cm³/mol. The van der Waals surface area contributed by atoms with Crippen LogP contribution in [-0.2, 0) is 13.0 Å². The van der Waals surface area contributed by atoms with Crippen LogP contribution in [0.25, 0.3) is 27.8 Å². The second-order valence-corrected chi connectivity index (χ2v) is 6.62. The van der Waals surface area contributed by atoms with Gasteiger partial charge in [-0.15, -0.1) is 0 Å². The first-order valence-corrected chi connectivity index (χ1v) is 9.45. The van der Waals surface area contributed by atoms with Crippen molar-refractivity contribution in [2.45, 2.75) is 46.6 Å². The summed E-state index contributed by atoms with van der Waals surface area (Å²) < 4.78 is 7.48. The Morgan fingerprint density at radius 2 is 1.92 bits per heavy atom. The lowest BCUT2D eigenvalue weighted by atomic mass is 9.99. The quantitative estimate of drug-likeness (QED) is 0.546. The zero-order valence-corrected chi connectivity index (χ0v) is 16.1. The number of ether oxygens (including phenoxy) is 1. The molecule has 0 amide bonds. The first kappa shape index (κ1) is 18.2. The molecule has 3 nitrogen and oxygen atoms in total. The number of nitrogens with zero attached hydrogens (tertiary/aromatic N) is 1. The van der Waals surface area contributed by atoms with Gasteiger partial charge in [0, 0.05) is 11.9 Å². The number of benzene rings is 2. The Labute approximate surface area is 154 Å². The van der Waals surface area contributed by atoms with Crippen molar-refractivity contribution >= 4 is 27.8 Å². The molecule has 0 aliphatic rings. The highest BCUT2D eigenvalue weighted by Crippen LogP contribution is 2.31. The van der Waals surface area contributed by atoms with Gasteiger partial charge in [0.2, 0.25) is 0 Å². The smallest absolute Gasteiger partial charge is 0.259 e. The molecule has 0 saturated carbocycles. The molecule has 0 unspecified atom stereocenters. The number of aryl methyl sites for hydroxylation is 2. The third-order valence-corrected chi connectivity index (χ3v) is 4.99. The molecule has 0 saturated heterocycles. The van der Waals surface area contributed by atoms with E-state index >= 15 is 0 Å². The molecular weight excluding hydrogens is 322 g/mol. The molecule has 26 heavy (non-hydrogen) atoms. The van der Waals surface area contributed by atoms with Crippen LogP contribution < -0.4 is 10.3 Å². The van der Waals surface area contributed by atoms with Gasteiger partial charge < -0.3 is 9.30 Å². The number of aromatic nitrogens is 1. The Morgan fingerprint density at radius 1 is 1.12 bits per heavy atom. The fourth-order valence-corrected chi connectivity index (χ4v) is 3.66. The number of hydrogen-bond acceptors (Lipinski definition) is 2. The molecule has 1 aromatic heterocycles. The SMILES string of the molecule is C/C=C/c1cccc2c3cc(CC)c(OC)cc3c(=O)n(CCCC)c12. The van der Waals surface area contributed by atoms with Crippen LogP contribution in [0.15, 0.2) is 41.2 Å². The van der Waals surface area contributed by atoms with Crippen molar-refractivity contribution < 1.29 is 4.74 Å². The fraction of sp³-hybridized carbons (Fsp3) is 0.348. The Balaban J connectivity index is 2.51. The summed E-state index contributed by atoms with van der Waals surface area (Å²) >= 11 is 0. The summed E-state index contributed by atoms with van der Waals surface area (Å²) in [5.74, 6) is 0.795. The molecule has 3 aromatic rings. The van der Waals surface area contributed by atoms with Crippen molar-refractivity contribution in [3.05, 3.63) is 57.9 Å². The average Bonchev–Trinajstić information content (AvgIpc) is 2.67. The van der Waals surface area contributed by atoms with Gasteiger partial charge in [0.05, 0.1) is 18.0 Å². The molecule has 2 aromatic carbocycles. The minimum atomic E-state index is 0.0684. The molecule has 0 aliphatic heterocycles. The van der Waals surface area contributed by atoms with Gasteiger partial charge in [-0.05, 0) is 48.4 Å². The number of para-hydroxylation sites is 1. The number of hydrogen-bond donors (Lipinski definition) is 0. The van der Waals surface area contributed by atoms with Crippen molar-refractivity contribution in [1.82, 2.24) is 4.57 Å². The van der Waals surface area contributed by atoms with Gasteiger partial charge in [-0.25, -0.2) is 0 Å². The Bertz CT molecular complexity index is 1030. The minimum absolute atomic E-state index is 0.0684. The summed E-state index contributed by atoms with van der Waals surface area (Å²) in [6.45, 7) is 7.00. The van der Waals surface area contributed by atoms with E-state index < -0.39 is 0 Å². The van der Waals surface area contributed by atoms with Gasteiger partial charge in [-0.1, -0.05) is 50.6 Å². The monoisotopic (exact) mass is 349 g/mol. The Morgan fingerprint density at radius 3 is 2.58 bits per heavy atom. The maximum absolute atomic E-state index is 13.4. The molecule has 3 heteroatoms. The van der Waals surface area contributed by atoms with E-state index in [1.165, 1.54) is 0 Å². The first-order chi connectivity index (χ1) is 12.7. The van der Waals surface area contributed by atoms with E-state index in [1.807, 2.05) is 23.6 Å². The van der Waals surface area contributed by atoms with E-state index in [9.17, 15) is 4.79 Å². The van der Waals surface area contributed by atoms with Crippen LogP contribution in [0.4, 0.5) is 0 Å². The number of pyridine rings is 1. The second-order valence-electron chi connectivity index (χ2n) is 6.62. The standard InChI is InChI=1S/C23H27NO2/c1-5-8-13-24-22-17(10-6-2)11-9-12-18(22)19-14-16(7-3)21(26-4)15-20(19)23(24)25/h6,9-12,14-15H,5,7-8,13H2,1-4H3/b10-6+. The summed E-state index contributed by atoms with van der Waals surface area (Å²) in [6, 6.07) is 10.3. The number of allylic oxidation sites excluding steroid dienone is 1. The second kappa shape index (κ2) is 7.77. The van der Waals surface area contributed by atoms with Gasteiger partial charge in [-0.3, -0.25) is 4.79 Å². The van der Waals surface area contributed by atoms with Gasteiger partial charge >= 0.3 is 0 Å². The molecule has 0 N–H and O–H groups in total. The molecule has 0 spiro atoms. The zero-order chi connectivity index (χ0) is 18.7. The molecule has 0 fully saturated rings. The van der Waals surface area contributed by atoms with Crippen LogP contribution in [0.2, 0.25) is 0 Å². The lowest BCUT2D eigenvalue weighted by Crippen LogP contribution is -2.22. The average molecular weight is 349 g/mol. The Hall–Kier alpha value is -2.55. The van der Waals surface area contributed by atoms with Crippen LogP contribution in [0.3, 0.4) is 0 Å². The summed E-state index contributed by atoms with van der Waals surface area (Å²) in [6.07, 6.45) is 7.01. The molecule has 136 valence electrons. The van der Waals surface area contributed by atoms with Gasteiger partial charge in [0.15, 0.2) is 0 Å². The van der Waals surface area contributed by atoms with Crippen LogP contribution in [0, 0.1) is 0 Å². The summed E-state index contributed by atoms with van der Waals surface area (Å²) in [5.41, 5.74) is 3.32. The number of fused-ring (bicyclic) bond motifs is 3. The van der Waals surface area contributed by atoms with E-state index in [2.05, 4.69) is 44.2 Å². The lowest BCUT2D eigenvalue weighted by Gasteiger charge is -2.17. The maximum Gasteiger partial charge on any atom is 0.259 e. The topological polar surface area (TPSA) is 31.2 Å². The van der Waals surface area contributed by atoms with E-state index in [4.69, 9.17) is 4.74 Å². The molecular formula is C23H27NO2. The number of rotatable bonds is 6. The van der Waals surface area contributed by atoms with Crippen molar-refractivity contribution in [3.63, 3.8) is 0 Å². The summed E-state index contributed by atoms with van der Waals surface area (Å²) in [7, 11) is 1.67. The normalized spacial score (nSPS) is 11.7. The van der Waals surface area contributed by atoms with Gasteiger partial charge in [-0.2, -0.15) is 0 Å². The molecule has 0 bridgehead atoms. The van der Waals surface area contributed by atoms with Gasteiger partial charge in [0.1, 0.15) is 5.75 Å². The van der Waals surface area contributed by atoms with Crippen LogP contribution >= 0.6 is 0 Å². The van der Waals surface area contributed by atoms with Crippen LogP contribution in [0.1, 0.15) is 44.7 Å². The highest BCUT2D eigenvalue weighted by molar-refractivity contribution is 6.08. The number of methoxy groups -OCH3 is 1. The lowest BCUT2D eigenvalue weighted by molar-refractivity contribution is 0.411. The Kier molecular flexibility index (Phi) is 5.46. The van der Waals surface area contributed by atoms with E-state index in [0.717, 1.165) is 64.4 Å². The van der Waals surface area contributed by atoms with Crippen LogP contribution in [0.5, 0.6) is 5.75 Å².